The van der Waals surface area contributed by atoms with E-state index in [9.17, 15) is 0 Å². The van der Waals surface area contributed by atoms with Crippen LogP contribution in [0, 0.1) is 5.92 Å². The lowest BCUT2D eigenvalue weighted by molar-refractivity contribution is 0.690. The molecule has 0 radical (unpaired) electrons. The first-order valence-corrected chi connectivity index (χ1v) is 5.43. The van der Waals surface area contributed by atoms with E-state index in [1.165, 1.54) is 12.8 Å². The molecule has 2 rings (SSSR count). The Morgan fingerprint density at radius 2 is 2.20 bits per heavy atom. The summed E-state index contributed by atoms with van der Waals surface area (Å²) in [5.74, 6) is 2.51. The predicted molar refractivity (Wildman–Crippen MR) is 62.2 cm³/mol. The van der Waals surface area contributed by atoms with E-state index in [0.717, 1.165) is 17.7 Å². The van der Waals surface area contributed by atoms with Crippen molar-refractivity contribution in [1.82, 2.24) is 9.97 Å². The van der Waals surface area contributed by atoms with E-state index in [4.69, 9.17) is 0 Å². The van der Waals surface area contributed by atoms with E-state index in [-0.39, 0.29) is 0 Å². The van der Waals surface area contributed by atoms with Crippen LogP contribution < -0.4 is 10.2 Å². The molecule has 1 heterocycles. The molecule has 0 amide bonds. The van der Waals surface area contributed by atoms with Crippen LogP contribution in [0.15, 0.2) is 12.3 Å². The largest absolute Gasteiger partial charge is 0.367 e. The second kappa shape index (κ2) is 4.04. The molecular formula is C11H18N4. The highest BCUT2D eigenvalue weighted by Crippen LogP contribution is 2.33. The predicted octanol–water partition coefficient (Wildman–Crippen LogP) is 1.75. The zero-order valence-electron chi connectivity index (χ0n) is 9.57. The summed E-state index contributed by atoms with van der Waals surface area (Å²) in [6.45, 7) is 2.22. The number of nitrogens with one attached hydrogen (secondary N) is 1. The molecule has 0 saturated heterocycles. The topological polar surface area (TPSA) is 41.1 Å². The second-order valence-corrected chi connectivity index (χ2v) is 4.41. The van der Waals surface area contributed by atoms with Crippen LogP contribution in [0.5, 0.6) is 0 Å². The van der Waals surface area contributed by atoms with E-state index < -0.39 is 0 Å². The minimum absolute atomic E-state index is 0.523. The first-order chi connectivity index (χ1) is 7.16. The highest BCUT2D eigenvalue weighted by atomic mass is 15.2. The number of anilines is 2. The van der Waals surface area contributed by atoms with Gasteiger partial charge in [0.25, 0.3) is 0 Å². The Balaban J connectivity index is 2.03. The number of hydrogen-bond donors (Lipinski definition) is 1. The van der Waals surface area contributed by atoms with Crippen molar-refractivity contribution in [2.45, 2.75) is 25.8 Å². The van der Waals surface area contributed by atoms with Crippen molar-refractivity contribution in [2.75, 3.05) is 24.3 Å². The Morgan fingerprint density at radius 1 is 1.47 bits per heavy atom. The third-order valence-corrected chi connectivity index (χ3v) is 2.75. The SMILES string of the molecule is CC(Nc1ccnc(N(C)C)n1)C1CC1. The van der Waals surface area contributed by atoms with Crippen LogP contribution in [0.3, 0.4) is 0 Å². The van der Waals surface area contributed by atoms with Gasteiger partial charge in [-0.15, -0.1) is 0 Å². The van der Waals surface area contributed by atoms with Crippen molar-refractivity contribution in [3.63, 3.8) is 0 Å². The lowest BCUT2D eigenvalue weighted by Crippen LogP contribution is -2.19. The third kappa shape index (κ3) is 2.58. The summed E-state index contributed by atoms with van der Waals surface area (Å²) >= 11 is 0. The average molecular weight is 206 g/mol. The smallest absolute Gasteiger partial charge is 0.226 e. The molecule has 1 N–H and O–H groups in total. The first-order valence-electron chi connectivity index (χ1n) is 5.43. The van der Waals surface area contributed by atoms with Gasteiger partial charge in [-0.25, -0.2) is 4.98 Å². The average Bonchev–Trinajstić information content (AvgIpc) is 3.01. The summed E-state index contributed by atoms with van der Waals surface area (Å²) < 4.78 is 0. The van der Waals surface area contributed by atoms with Crippen molar-refractivity contribution in [1.29, 1.82) is 0 Å². The molecule has 4 nitrogen and oxygen atoms in total. The quantitative estimate of drug-likeness (QED) is 0.815. The molecule has 1 aliphatic carbocycles. The minimum atomic E-state index is 0.523. The van der Waals surface area contributed by atoms with Gasteiger partial charge >= 0.3 is 0 Å². The van der Waals surface area contributed by atoms with Gasteiger partial charge in [-0.1, -0.05) is 0 Å². The minimum Gasteiger partial charge on any atom is -0.367 e. The fourth-order valence-corrected chi connectivity index (χ4v) is 1.59. The summed E-state index contributed by atoms with van der Waals surface area (Å²) in [6.07, 6.45) is 4.49. The van der Waals surface area contributed by atoms with E-state index in [1.807, 2.05) is 25.1 Å². The Bertz CT molecular complexity index is 333. The van der Waals surface area contributed by atoms with Crippen LogP contribution in [0.1, 0.15) is 19.8 Å². The van der Waals surface area contributed by atoms with Gasteiger partial charge in [0, 0.05) is 26.3 Å². The zero-order chi connectivity index (χ0) is 10.8. The van der Waals surface area contributed by atoms with Crippen molar-refractivity contribution in [2.24, 2.45) is 5.92 Å². The maximum Gasteiger partial charge on any atom is 0.226 e. The fraction of sp³-hybridized carbons (Fsp3) is 0.636. The van der Waals surface area contributed by atoms with E-state index in [1.54, 1.807) is 6.20 Å². The molecule has 82 valence electrons. The van der Waals surface area contributed by atoms with Crippen molar-refractivity contribution in [3.8, 4) is 0 Å². The van der Waals surface area contributed by atoms with Gasteiger partial charge in [-0.3, -0.25) is 0 Å². The lowest BCUT2D eigenvalue weighted by atomic mass is 10.2. The van der Waals surface area contributed by atoms with Gasteiger partial charge in [0.05, 0.1) is 0 Å². The maximum atomic E-state index is 4.43. The third-order valence-electron chi connectivity index (χ3n) is 2.75. The van der Waals surface area contributed by atoms with E-state index in [2.05, 4.69) is 22.2 Å². The molecule has 1 aromatic rings. The molecule has 1 aromatic heterocycles. The van der Waals surface area contributed by atoms with Gasteiger partial charge in [-0.2, -0.15) is 4.98 Å². The van der Waals surface area contributed by atoms with Gasteiger partial charge in [-0.05, 0) is 31.7 Å². The maximum absolute atomic E-state index is 4.43. The summed E-state index contributed by atoms with van der Waals surface area (Å²) in [5, 5.41) is 3.42. The van der Waals surface area contributed by atoms with Crippen molar-refractivity contribution < 1.29 is 0 Å². The van der Waals surface area contributed by atoms with Gasteiger partial charge in [0.2, 0.25) is 5.95 Å². The van der Waals surface area contributed by atoms with Crippen LogP contribution in [-0.4, -0.2) is 30.1 Å². The van der Waals surface area contributed by atoms with Crippen molar-refractivity contribution in [3.05, 3.63) is 12.3 Å². The molecule has 0 bridgehead atoms. The van der Waals surface area contributed by atoms with Crippen LogP contribution in [0.2, 0.25) is 0 Å². The van der Waals surface area contributed by atoms with Gasteiger partial charge in [0.15, 0.2) is 0 Å². The number of aromatic nitrogens is 2. The standard InChI is InChI=1S/C11H18N4/c1-8(9-4-5-9)13-10-6-7-12-11(14-10)15(2)3/h6-9H,4-5H2,1-3H3,(H,12,13,14). The molecule has 1 atom stereocenters. The molecule has 4 heteroatoms. The molecule has 1 saturated carbocycles. The molecule has 0 aromatic carbocycles. The van der Waals surface area contributed by atoms with E-state index in [0.29, 0.717) is 6.04 Å². The second-order valence-electron chi connectivity index (χ2n) is 4.41. The monoisotopic (exact) mass is 206 g/mol. The number of nitrogens with zero attached hydrogens (tertiary/aromatic N) is 3. The Hall–Kier alpha value is -1.32. The molecule has 1 fully saturated rings. The van der Waals surface area contributed by atoms with Crippen LogP contribution in [0.25, 0.3) is 0 Å². The first kappa shape index (κ1) is 10.2. The summed E-state index contributed by atoms with van der Waals surface area (Å²) in [5.41, 5.74) is 0. The highest BCUT2D eigenvalue weighted by Gasteiger charge is 2.27. The molecule has 0 spiro atoms. The molecule has 1 unspecified atom stereocenters. The number of rotatable bonds is 4. The lowest BCUT2D eigenvalue weighted by Gasteiger charge is -2.15. The molecule has 1 aliphatic rings. The van der Waals surface area contributed by atoms with Gasteiger partial charge in [0.1, 0.15) is 5.82 Å². The van der Waals surface area contributed by atoms with Crippen LogP contribution in [0.4, 0.5) is 11.8 Å². The molecule has 15 heavy (non-hydrogen) atoms. The molecular weight excluding hydrogens is 188 g/mol. The summed E-state index contributed by atoms with van der Waals surface area (Å²) in [4.78, 5) is 10.5. The summed E-state index contributed by atoms with van der Waals surface area (Å²) in [7, 11) is 3.90. The Morgan fingerprint density at radius 3 is 2.80 bits per heavy atom. The normalized spacial score (nSPS) is 17.3. The summed E-state index contributed by atoms with van der Waals surface area (Å²) in [6, 6.07) is 2.45. The fourth-order valence-electron chi connectivity index (χ4n) is 1.59. The van der Waals surface area contributed by atoms with Gasteiger partial charge < -0.3 is 10.2 Å². The zero-order valence-corrected chi connectivity index (χ0v) is 9.57. The highest BCUT2D eigenvalue weighted by molar-refractivity contribution is 5.41. The number of hydrogen-bond acceptors (Lipinski definition) is 4. The van der Waals surface area contributed by atoms with Crippen molar-refractivity contribution >= 4 is 11.8 Å². The Kier molecular flexibility index (Phi) is 2.75. The Labute approximate surface area is 90.7 Å². The molecule has 0 aliphatic heterocycles. The van der Waals surface area contributed by atoms with Crippen LogP contribution >= 0.6 is 0 Å². The van der Waals surface area contributed by atoms with E-state index >= 15 is 0 Å². The van der Waals surface area contributed by atoms with Crippen LogP contribution in [-0.2, 0) is 0 Å².